The second-order valence-electron chi connectivity index (χ2n) is 7.95. The van der Waals surface area contributed by atoms with Crippen LogP contribution in [0.4, 0.5) is 0 Å². The molecule has 2 heterocycles. The average Bonchev–Trinajstić information content (AvgIpc) is 3.23. The first kappa shape index (κ1) is 22.0. The summed E-state index contributed by atoms with van der Waals surface area (Å²) in [5.74, 6) is 1.53. The van der Waals surface area contributed by atoms with Crippen molar-refractivity contribution in [2.75, 3.05) is 26.2 Å². The summed E-state index contributed by atoms with van der Waals surface area (Å²) in [6.07, 6.45) is 1.00. The van der Waals surface area contributed by atoms with Crippen LogP contribution in [-0.4, -0.2) is 57.2 Å². The fourth-order valence-electron chi connectivity index (χ4n) is 3.57. The second kappa shape index (κ2) is 9.91. The Morgan fingerprint density at radius 1 is 0.938 bits per heavy atom. The van der Waals surface area contributed by atoms with E-state index in [-0.39, 0.29) is 11.8 Å². The van der Waals surface area contributed by atoms with Gasteiger partial charge in [-0.1, -0.05) is 42.0 Å². The third kappa shape index (κ3) is 5.70. The molecule has 32 heavy (non-hydrogen) atoms. The lowest BCUT2D eigenvalue weighted by Gasteiger charge is -2.34. The fourth-order valence-corrected chi connectivity index (χ4v) is 4.14. The number of nitrogens with zero attached hydrogens (tertiary/aromatic N) is 4. The molecule has 0 bridgehead atoms. The monoisotopic (exact) mass is 450 g/mol. The number of hydrogen-bond acceptors (Lipinski definition) is 6. The third-order valence-electron chi connectivity index (χ3n) is 5.49. The van der Waals surface area contributed by atoms with E-state index in [1.165, 1.54) is 17.1 Å². The van der Waals surface area contributed by atoms with Crippen molar-refractivity contribution in [2.45, 2.75) is 26.7 Å². The SMILES string of the molecule is CC(=O)N1CCN(C(=O)Cc2ccc(Oc3nc(Cc4ccc(C)cc4)ns3)cc2)CC1. The highest BCUT2D eigenvalue weighted by Crippen LogP contribution is 2.24. The number of benzene rings is 2. The summed E-state index contributed by atoms with van der Waals surface area (Å²) in [6, 6.07) is 15.8. The Morgan fingerprint density at radius 2 is 1.56 bits per heavy atom. The second-order valence-corrected chi connectivity index (χ2v) is 8.66. The molecule has 1 aliphatic rings. The summed E-state index contributed by atoms with van der Waals surface area (Å²) in [7, 11) is 0. The number of rotatable bonds is 6. The number of hydrogen-bond donors (Lipinski definition) is 0. The first-order chi connectivity index (χ1) is 15.5. The van der Waals surface area contributed by atoms with E-state index in [2.05, 4.69) is 40.5 Å². The van der Waals surface area contributed by atoms with Crippen LogP contribution in [0.1, 0.15) is 29.4 Å². The number of piperazine rings is 1. The summed E-state index contributed by atoms with van der Waals surface area (Å²) < 4.78 is 10.2. The van der Waals surface area contributed by atoms with Gasteiger partial charge in [-0.3, -0.25) is 9.59 Å². The highest BCUT2D eigenvalue weighted by atomic mass is 32.1. The summed E-state index contributed by atoms with van der Waals surface area (Å²) in [4.78, 5) is 32.1. The molecule has 0 aliphatic carbocycles. The molecule has 3 aromatic rings. The van der Waals surface area contributed by atoms with Gasteiger partial charge in [0.15, 0.2) is 5.82 Å². The number of carbonyl (C=O) groups is 2. The molecule has 0 radical (unpaired) electrons. The molecule has 0 atom stereocenters. The molecule has 0 N–H and O–H groups in total. The summed E-state index contributed by atoms with van der Waals surface area (Å²) in [6.45, 7) is 5.99. The van der Waals surface area contributed by atoms with E-state index in [0.717, 1.165) is 17.0 Å². The number of aryl methyl sites for hydroxylation is 1. The van der Waals surface area contributed by atoms with Crippen molar-refractivity contribution in [3.63, 3.8) is 0 Å². The van der Waals surface area contributed by atoms with Gasteiger partial charge in [-0.25, -0.2) is 0 Å². The highest BCUT2D eigenvalue weighted by molar-refractivity contribution is 7.07. The van der Waals surface area contributed by atoms with Crippen molar-refractivity contribution in [1.82, 2.24) is 19.2 Å². The van der Waals surface area contributed by atoms with Crippen LogP contribution in [-0.2, 0) is 22.4 Å². The van der Waals surface area contributed by atoms with Gasteiger partial charge in [-0.2, -0.15) is 9.36 Å². The van der Waals surface area contributed by atoms with E-state index >= 15 is 0 Å². The number of aromatic nitrogens is 2. The maximum atomic E-state index is 12.6. The van der Waals surface area contributed by atoms with E-state index in [9.17, 15) is 9.59 Å². The molecule has 0 unspecified atom stereocenters. The van der Waals surface area contributed by atoms with Crippen molar-refractivity contribution in [2.24, 2.45) is 0 Å². The van der Waals surface area contributed by atoms with Gasteiger partial charge in [-0.15, -0.1) is 0 Å². The fraction of sp³-hybridized carbons (Fsp3) is 0.333. The van der Waals surface area contributed by atoms with Crippen molar-refractivity contribution in [1.29, 1.82) is 0 Å². The molecule has 4 rings (SSSR count). The Labute approximate surface area is 191 Å². The standard InChI is InChI=1S/C24H26N4O3S/c1-17-3-5-19(6-4-17)15-22-25-24(32-26-22)31-21-9-7-20(8-10-21)16-23(30)28-13-11-27(12-14-28)18(2)29/h3-10H,11-16H2,1-2H3. The molecule has 2 amide bonds. The van der Waals surface area contributed by atoms with Gasteiger partial charge < -0.3 is 14.5 Å². The van der Waals surface area contributed by atoms with Crippen LogP contribution in [0, 0.1) is 6.92 Å². The van der Waals surface area contributed by atoms with E-state index in [1.54, 1.807) is 11.8 Å². The number of carbonyl (C=O) groups excluding carboxylic acids is 2. The topological polar surface area (TPSA) is 75.6 Å². The summed E-state index contributed by atoms with van der Waals surface area (Å²) >= 11 is 1.23. The van der Waals surface area contributed by atoms with Crippen molar-refractivity contribution < 1.29 is 14.3 Å². The third-order valence-corrected chi connectivity index (χ3v) is 6.13. The molecule has 1 saturated heterocycles. The molecular weight excluding hydrogens is 424 g/mol. The molecule has 0 spiro atoms. The number of amides is 2. The molecule has 1 aliphatic heterocycles. The predicted molar refractivity (Wildman–Crippen MR) is 123 cm³/mol. The van der Waals surface area contributed by atoms with Crippen molar-refractivity contribution in [3.8, 4) is 10.9 Å². The lowest BCUT2D eigenvalue weighted by Crippen LogP contribution is -2.50. The van der Waals surface area contributed by atoms with Gasteiger partial charge in [0.05, 0.1) is 6.42 Å². The van der Waals surface area contributed by atoms with Gasteiger partial charge >= 0.3 is 0 Å². The van der Waals surface area contributed by atoms with Gasteiger partial charge in [-0.05, 0) is 30.2 Å². The van der Waals surface area contributed by atoms with E-state index in [0.29, 0.717) is 50.0 Å². The van der Waals surface area contributed by atoms with Crippen LogP contribution >= 0.6 is 11.5 Å². The largest absolute Gasteiger partial charge is 0.430 e. The predicted octanol–water partition coefficient (Wildman–Crippen LogP) is 3.46. The van der Waals surface area contributed by atoms with Crippen molar-refractivity contribution >= 4 is 23.3 Å². The quantitative estimate of drug-likeness (QED) is 0.575. The minimum atomic E-state index is 0.0605. The lowest BCUT2D eigenvalue weighted by atomic mass is 10.1. The molecule has 7 nitrogen and oxygen atoms in total. The van der Waals surface area contributed by atoms with Crippen LogP contribution in [0.3, 0.4) is 0 Å². The molecule has 2 aromatic carbocycles. The highest BCUT2D eigenvalue weighted by Gasteiger charge is 2.22. The average molecular weight is 451 g/mol. The minimum absolute atomic E-state index is 0.0605. The van der Waals surface area contributed by atoms with E-state index in [1.807, 2.05) is 29.2 Å². The zero-order chi connectivity index (χ0) is 22.5. The zero-order valence-corrected chi connectivity index (χ0v) is 19.1. The summed E-state index contributed by atoms with van der Waals surface area (Å²) in [5, 5.41) is 0.499. The van der Waals surface area contributed by atoms with Gasteiger partial charge in [0.1, 0.15) is 5.75 Å². The molecule has 1 aromatic heterocycles. The molecular formula is C24H26N4O3S. The molecule has 8 heteroatoms. The Morgan fingerprint density at radius 3 is 2.22 bits per heavy atom. The van der Waals surface area contributed by atoms with Crippen molar-refractivity contribution in [3.05, 3.63) is 71.0 Å². The molecule has 0 saturated carbocycles. The van der Waals surface area contributed by atoms with E-state index < -0.39 is 0 Å². The van der Waals surface area contributed by atoms with Crippen LogP contribution in [0.5, 0.6) is 10.9 Å². The molecule has 166 valence electrons. The zero-order valence-electron chi connectivity index (χ0n) is 18.3. The minimum Gasteiger partial charge on any atom is -0.430 e. The Kier molecular flexibility index (Phi) is 6.80. The van der Waals surface area contributed by atoms with Crippen LogP contribution in [0.25, 0.3) is 0 Å². The van der Waals surface area contributed by atoms with E-state index in [4.69, 9.17) is 4.74 Å². The van der Waals surface area contributed by atoms with Gasteiger partial charge in [0, 0.05) is 51.1 Å². The van der Waals surface area contributed by atoms with Crippen LogP contribution < -0.4 is 4.74 Å². The lowest BCUT2D eigenvalue weighted by molar-refractivity contribution is -0.138. The number of ether oxygens (including phenoxy) is 1. The maximum Gasteiger partial charge on any atom is 0.298 e. The smallest absolute Gasteiger partial charge is 0.298 e. The van der Waals surface area contributed by atoms with Crippen LogP contribution in [0.15, 0.2) is 48.5 Å². The Bertz CT molecular complexity index is 1070. The first-order valence-corrected chi connectivity index (χ1v) is 11.4. The van der Waals surface area contributed by atoms with Gasteiger partial charge in [0.25, 0.3) is 5.19 Å². The first-order valence-electron chi connectivity index (χ1n) is 10.6. The Hall–Kier alpha value is -3.26. The Balaban J connectivity index is 1.28. The maximum absolute atomic E-state index is 12.6. The van der Waals surface area contributed by atoms with Gasteiger partial charge in [0.2, 0.25) is 11.8 Å². The normalized spacial score (nSPS) is 13.8. The van der Waals surface area contributed by atoms with Crippen LogP contribution in [0.2, 0.25) is 0 Å². The molecule has 1 fully saturated rings. The summed E-state index contributed by atoms with van der Waals surface area (Å²) in [5.41, 5.74) is 3.31.